The zero-order chi connectivity index (χ0) is 15.6. The van der Waals surface area contributed by atoms with Crippen molar-refractivity contribution < 1.29 is 22.7 Å². The molecule has 0 saturated carbocycles. The van der Waals surface area contributed by atoms with E-state index in [4.69, 9.17) is 10.5 Å². The number of halogens is 3. The minimum Gasteiger partial charge on any atom is -0.461 e. The van der Waals surface area contributed by atoms with Crippen LogP contribution in [0.25, 0.3) is 5.95 Å². The van der Waals surface area contributed by atoms with E-state index in [0.29, 0.717) is 0 Å². The molecule has 2 aromatic rings. The first kappa shape index (κ1) is 14.8. The molecule has 2 aromatic heterocycles. The molecule has 2 N–H and O–H groups in total. The minimum atomic E-state index is -4.61. The molecule has 0 atom stereocenters. The van der Waals surface area contributed by atoms with E-state index in [9.17, 15) is 18.0 Å². The standard InChI is InChI=1S/C11H10F3N5O2/c1-2-21-9(20)8-6(15)5-19(18-8)10-16-4-3-7(17-10)11(12,13)14/h3-5H,2,15H2,1H3. The molecule has 0 aliphatic rings. The number of ether oxygens (including phenoxy) is 1. The van der Waals surface area contributed by atoms with E-state index in [2.05, 4.69) is 15.1 Å². The molecular weight excluding hydrogens is 291 g/mol. The lowest BCUT2D eigenvalue weighted by Gasteiger charge is -2.06. The number of hydrogen-bond acceptors (Lipinski definition) is 6. The summed E-state index contributed by atoms with van der Waals surface area (Å²) < 4.78 is 43.3. The van der Waals surface area contributed by atoms with E-state index in [1.54, 1.807) is 6.92 Å². The van der Waals surface area contributed by atoms with Gasteiger partial charge < -0.3 is 10.5 Å². The van der Waals surface area contributed by atoms with Gasteiger partial charge in [0.2, 0.25) is 0 Å². The van der Waals surface area contributed by atoms with E-state index in [-0.39, 0.29) is 23.9 Å². The van der Waals surface area contributed by atoms with Crippen LogP contribution < -0.4 is 5.73 Å². The number of aromatic nitrogens is 4. The maximum absolute atomic E-state index is 12.6. The summed E-state index contributed by atoms with van der Waals surface area (Å²) in [5, 5.41) is 3.75. The maximum atomic E-state index is 12.6. The number of nitrogens with zero attached hydrogens (tertiary/aromatic N) is 4. The molecule has 0 fully saturated rings. The fourth-order valence-corrected chi connectivity index (χ4v) is 1.46. The van der Waals surface area contributed by atoms with E-state index < -0.39 is 17.8 Å². The van der Waals surface area contributed by atoms with Gasteiger partial charge in [0.05, 0.1) is 18.5 Å². The van der Waals surface area contributed by atoms with Crippen LogP contribution in [0.4, 0.5) is 18.9 Å². The molecule has 10 heteroatoms. The Hall–Kier alpha value is -2.65. The molecule has 0 aliphatic carbocycles. The first-order valence-corrected chi connectivity index (χ1v) is 5.75. The Morgan fingerprint density at radius 1 is 1.48 bits per heavy atom. The van der Waals surface area contributed by atoms with Crippen LogP contribution in [0.5, 0.6) is 0 Å². The van der Waals surface area contributed by atoms with Gasteiger partial charge in [0.1, 0.15) is 5.69 Å². The molecule has 0 radical (unpaired) electrons. The van der Waals surface area contributed by atoms with Gasteiger partial charge in [-0.3, -0.25) is 0 Å². The van der Waals surface area contributed by atoms with Crippen molar-refractivity contribution in [3.8, 4) is 5.95 Å². The van der Waals surface area contributed by atoms with Crippen molar-refractivity contribution >= 4 is 11.7 Å². The Kier molecular flexibility index (Phi) is 3.78. The van der Waals surface area contributed by atoms with Crippen LogP contribution in [0, 0.1) is 0 Å². The Morgan fingerprint density at radius 3 is 2.81 bits per heavy atom. The fourth-order valence-electron chi connectivity index (χ4n) is 1.46. The third kappa shape index (κ3) is 3.09. The molecule has 0 saturated heterocycles. The number of esters is 1. The van der Waals surface area contributed by atoms with E-state index >= 15 is 0 Å². The number of carbonyl (C=O) groups is 1. The molecule has 0 aromatic carbocycles. The summed E-state index contributed by atoms with van der Waals surface area (Å²) in [5.74, 6) is -1.13. The van der Waals surface area contributed by atoms with Crippen LogP contribution in [0.3, 0.4) is 0 Å². The van der Waals surface area contributed by atoms with Crippen LogP contribution in [-0.2, 0) is 10.9 Å². The molecular formula is C11H10F3N5O2. The fraction of sp³-hybridized carbons (Fsp3) is 0.273. The third-order valence-electron chi connectivity index (χ3n) is 2.35. The van der Waals surface area contributed by atoms with E-state index in [1.165, 1.54) is 0 Å². The lowest BCUT2D eigenvalue weighted by Crippen LogP contribution is -2.12. The molecule has 0 spiro atoms. The van der Waals surface area contributed by atoms with Crippen molar-refractivity contribution in [1.29, 1.82) is 0 Å². The highest BCUT2D eigenvalue weighted by molar-refractivity contribution is 5.92. The van der Waals surface area contributed by atoms with Crippen LogP contribution in [0.2, 0.25) is 0 Å². The summed E-state index contributed by atoms with van der Waals surface area (Å²) in [7, 11) is 0. The molecule has 2 rings (SSSR count). The van der Waals surface area contributed by atoms with Crippen molar-refractivity contribution in [2.75, 3.05) is 12.3 Å². The number of nitrogen functional groups attached to an aromatic ring is 1. The zero-order valence-corrected chi connectivity index (χ0v) is 10.8. The normalized spacial score (nSPS) is 11.4. The number of nitrogens with two attached hydrogens (primary N) is 1. The largest absolute Gasteiger partial charge is 0.461 e. The second-order valence-electron chi connectivity index (χ2n) is 3.84. The van der Waals surface area contributed by atoms with Gasteiger partial charge in [-0.1, -0.05) is 0 Å². The number of anilines is 1. The van der Waals surface area contributed by atoms with Gasteiger partial charge in [0, 0.05) is 6.20 Å². The summed E-state index contributed by atoms with van der Waals surface area (Å²) >= 11 is 0. The van der Waals surface area contributed by atoms with Gasteiger partial charge >= 0.3 is 12.1 Å². The van der Waals surface area contributed by atoms with Gasteiger partial charge in [-0.25, -0.2) is 19.4 Å². The molecule has 21 heavy (non-hydrogen) atoms. The van der Waals surface area contributed by atoms with Crippen LogP contribution in [-0.4, -0.2) is 32.3 Å². The Balaban J connectivity index is 2.40. The molecule has 0 bridgehead atoms. The van der Waals surface area contributed by atoms with Crippen LogP contribution in [0.1, 0.15) is 23.1 Å². The molecule has 0 amide bonds. The highest BCUT2D eigenvalue weighted by Gasteiger charge is 2.33. The van der Waals surface area contributed by atoms with Gasteiger partial charge in [-0.2, -0.15) is 18.3 Å². The second-order valence-corrected chi connectivity index (χ2v) is 3.84. The highest BCUT2D eigenvalue weighted by Crippen LogP contribution is 2.27. The topological polar surface area (TPSA) is 95.9 Å². The second kappa shape index (κ2) is 5.38. The minimum absolute atomic E-state index is 0.0468. The Bertz CT molecular complexity index is 668. The predicted molar refractivity (Wildman–Crippen MR) is 64.5 cm³/mol. The summed E-state index contributed by atoms with van der Waals surface area (Å²) in [4.78, 5) is 18.5. The molecule has 0 unspecified atom stereocenters. The monoisotopic (exact) mass is 301 g/mol. The van der Waals surface area contributed by atoms with Crippen molar-refractivity contribution in [2.24, 2.45) is 0 Å². The maximum Gasteiger partial charge on any atom is 0.433 e. The van der Waals surface area contributed by atoms with Gasteiger partial charge in [-0.05, 0) is 13.0 Å². The average Bonchev–Trinajstić information content (AvgIpc) is 2.80. The lowest BCUT2D eigenvalue weighted by atomic mass is 10.4. The van der Waals surface area contributed by atoms with Gasteiger partial charge in [-0.15, -0.1) is 0 Å². The van der Waals surface area contributed by atoms with Gasteiger partial charge in [0.15, 0.2) is 5.69 Å². The van der Waals surface area contributed by atoms with Crippen molar-refractivity contribution in [3.05, 3.63) is 29.8 Å². The molecule has 7 nitrogen and oxygen atoms in total. The number of hydrogen-bond donors (Lipinski definition) is 1. The third-order valence-corrected chi connectivity index (χ3v) is 2.35. The number of alkyl halides is 3. The van der Waals surface area contributed by atoms with Crippen molar-refractivity contribution in [3.63, 3.8) is 0 Å². The van der Waals surface area contributed by atoms with E-state index in [0.717, 1.165) is 23.1 Å². The summed E-state index contributed by atoms with van der Waals surface area (Å²) in [6.45, 7) is 1.71. The summed E-state index contributed by atoms with van der Waals surface area (Å²) in [6, 6.07) is 0.725. The predicted octanol–water partition coefficient (Wildman–Crippen LogP) is 1.44. The van der Waals surface area contributed by atoms with Crippen LogP contribution >= 0.6 is 0 Å². The number of rotatable bonds is 3. The Morgan fingerprint density at radius 2 is 2.19 bits per heavy atom. The molecule has 112 valence electrons. The van der Waals surface area contributed by atoms with Gasteiger partial charge in [0.25, 0.3) is 5.95 Å². The van der Waals surface area contributed by atoms with Crippen LogP contribution in [0.15, 0.2) is 18.5 Å². The Labute approximate surface area is 116 Å². The zero-order valence-electron chi connectivity index (χ0n) is 10.8. The molecule has 0 aliphatic heterocycles. The first-order valence-electron chi connectivity index (χ1n) is 5.75. The number of carbonyl (C=O) groups excluding carboxylic acids is 1. The smallest absolute Gasteiger partial charge is 0.433 e. The van der Waals surface area contributed by atoms with Crippen molar-refractivity contribution in [1.82, 2.24) is 19.7 Å². The lowest BCUT2D eigenvalue weighted by molar-refractivity contribution is -0.141. The summed E-state index contributed by atoms with van der Waals surface area (Å²) in [5.41, 5.74) is 4.19. The highest BCUT2D eigenvalue weighted by atomic mass is 19.4. The SMILES string of the molecule is CCOC(=O)c1nn(-c2nccc(C(F)(F)F)n2)cc1N. The van der Waals surface area contributed by atoms with Crippen molar-refractivity contribution in [2.45, 2.75) is 13.1 Å². The quantitative estimate of drug-likeness (QED) is 0.862. The first-order chi connectivity index (χ1) is 9.82. The summed E-state index contributed by atoms with van der Waals surface area (Å²) in [6.07, 6.45) is -2.53. The van der Waals surface area contributed by atoms with E-state index in [1.807, 2.05) is 0 Å². The molecule has 2 heterocycles. The average molecular weight is 301 g/mol.